The number of amides is 1. The van der Waals surface area contributed by atoms with Crippen molar-refractivity contribution >= 4 is 17.5 Å². The highest BCUT2D eigenvalue weighted by Crippen LogP contribution is 2.18. The quantitative estimate of drug-likeness (QED) is 0.794. The number of hydrogen-bond acceptors (Lipinski definition) is 2. The average Bonchev–Trinajstić information content (AvgIpc) is 2.88. The molecule has 21 heavy (non-hydrogen) atoms. The van der Waals surface area contributed by atoms with Gasteiger partial charge in [0.05, 0.1) is 0 Å². The molecule has 0 aliphatic heterocycles. The van der Waals surface area contributed by atoms with Crippen molar-refractivity contribution < 1.29 is 9.90 Å². The van der Waals surface area contributed by atoms with Crippen LogP contribution in [0.4, 0.5) is 0 Å². The molecular weight excluding hydrogens is 286 g/mol. The van der Waals surface area contributed by atoms with Gasteiger partial charge in [0.2, 0.25) is 5.91 Å². The van der Waals surface area contributed by atoms with Gasteiger partial charge in [-0.2, -0.15) is 0 Å². The van der Waals surface area contributed by atoms with Crippen molar-refractivity contribution in [2.24, 2.45) is 11.8 Å². The van der Waals surface area contributed by atoms with E-state index in [0.717, 1.165) is 17.9 Å². The van der Waals surface area contributed by atoms with Gasteiger partial charge >= 0.3 is 0 Å². The van der Waals surface area contributed by atoms with E-state index in [9.17, 15) is 4.79 Å². The van der Waals surface area contributed by atoms with E-state index in [2.05, 4.69) is 12.2 Å². The predicted octanol–water partition coefficient (Wildman–Crippen LogP) is 2.96. The molecule has 1 aliphatic carbocycles. The van der Waals surface area contributed by atoms with E-state index in [-0.39, 0.29) is 30.4 Å². The number of hydrogen-bond donors (Lipinski definition) is 2. The number of benzene rings is 1. The summed E-state index contributed by atoms with van der Waals surface area (Å²) in [6.45, 7) is 2.23. The molecule has 0 radical (unpaired) electrons. The van der Waals surface area contributed by atoms with Crippen molar-refractivity contribution in [3.63, 3.8) is 0 Å². The van der Waals surface area contributed by atoms with Crippen LogP contribution in [0.15, 0.2) is 36.4 Å². The summed E-state index contributed by atoms with van der Waals surface area (Å²) in [5, 5.41) is 12.8. The maximum Gasteiger partial charge on any atom is 0.220 e. The minimum atomic E-state index is 0.0670. The van der Waals surface area contributed by atoms with Crippen LogP contribution in [0.1, 0.15) is 25.3 Å². The molecule has 1 aromatic carbocycles. The topological polar surface area (TPSA) is 49.3 Å². The van der Waals surface area contributed by atoms with E-state index < -0.39 is 0 Å². The van der Waals surface area contributed by atoms with Crippen LogP contribution in [-0.4, -0.2) is 23.7 Å². The molecule has 1 aromatic rings. The van der Waals surface area contributed by atoms with Gasteiger partial charge in [-0.15, -0.1) is 0 Å². The normalized spacial score (nSPS) is 22.2. The van der Waals surface area contributed by atoms with Crippen LogP contribution in [0.2, 0.25) is 5.02 Å². The number of aliphatic hydroxyl groups excluding tert-OH is 1. The van der Waals surface area contributed by atoms with E-state index in [1.54, 1.807) is 0 Å². The minimum Gasteiger partial charge on any atom is -0.396 e. The average molecular weight is 308 g/mol. The van der Waals surface area contributed by atoms with Crippen LogP contribution in [0.3, 0.4) is 0 Å². The highest BCUT2D eigenvalue weighted by Gasteiger charge is 2.20. The van der Waals surface area contributed by atoms with Crippen LogP contribution < -0.4 is 5.32 Å². The fraction of sp³-hybridized carbons (Fsp3) is 0.471. The molecule has 0 spiro atoms. The smallest absolute Gasteiger partial charge is 0.220 e. The molecule has 0 bridgehead atoms. The van der Waals surface area contributed by atoms with Gasteiger partial charge in [0.25, 0.3) is 0 Å². The van der Waals surface area contributed by atoms with Gasteiger partial charge in [-0.25, -0.2) is 0 Å². The molecule has 1 amide bonds. The third-order valence-corrected chi connectivity index (χ3v) is 4.04. The van der Waals surface area contributed by atoms with E-state index in [0.29, 0.717) is 6.42 Å². The highest BCUT2D eigenvalue weighted by atomic mass is 35.5. The molecule has 0 fully saturated rings. The standard InChI is InChI=1S/C17H22ClNO2/c1-12(8-13-2-5-15(18)6-3-13)9-17(21)19-16-7-4-14(10-16)11-20/h2-7,12,14,16,20H,8-11H2,1H3,(H,19,21)/t12?,14-,16+/m0/s1. The van der Waals surface area contributed by atoms with E-state index in [1.165, 1.54) is 5.56 Å². The Labute approximate surface area is 131 Å². The summed E-state index contributed by atoms with van der Waals surface area (Å²) in [6.07, 6.45) is 6.12. The lowest BCUT2D eigenvalue weighted by Gasteiger charge is -2.15. The Kier molecular flexibility index (Phi) is 5.83. The number of nitrogens with one attached hydrogen (secondary N) is 1. The van der Waals surface area contributed by atoms with E-state index in [4.69, 9.17) is 16.7 Å². The van der Waals surface area contributed by atoms with Crippen LogP contribution >= 0.6 is 11.6 Å². The summed E-state index contributed by atoms with van der Waals surface area (Å²) in [7, 11) is 0. The minimum absolute atomic E-state index is 0.0670. The maximum atomic E-state index is 12.0. The lowest BCUT2D eigenvalue weighted by molar-refractivity contribution is -0.122. The molecular formula is C17H22ClNO2. The molecule has 0 heterocycles. The first-order valence-electron chi connectivity index (χ1n) is 7.40. The van der Waals surface area contributed by atoms with Gasteiger partial charge in [0.15, 0.2) is 0 Å². The van der Waals surface area contributed by atoms with Crippen molar-refractivity contribution in [3.8, 4) is 0 Å². The summed E-state index contributed by atoms with van der Waals surface area (Å²) < 4.78 is 0. The third-order valence-electron chi connectivity index (χ3n) is 3.78. The summed E-state index contributed by atoms with van der Waals surface area (Å²) in [5.74, 6) is 0.539. The number of halogens is 1. The predicted molar refractivity (Wildman–Crippen MR) is 85.2 cm³/mol. The van der Waals surface area contributed by atoms with Gasteiger partial charge in [-0.05, 0) is 36.5 Å². The molecule has 1 unspecified atom stereocenters. The molecule has 3 atom stereocenters. The summed E-state index contributed by atoms with van der Waals surface area (Å²) in [4.78, 5) is 12.0. The molecule has 3 nitrogen and oxygen atoms in total. The van der Waals surface area contributed by atoms with Crippen molar-refractivity contribution in [3.05, 3.63) is 47.0 Å². The molecule has 1 aliphatic rings. The molecule has 2 rings (SSSR count). The van der Waals surface area contributed by atoms with Crippen molar-refractivity contribution in [1.82, 2.24) is 5.32 Å². The van der Waals surface area contributed by atoms with Crippen LogP contribution in [-0.2, 0) is 11.2 Å². The summed E-state index contributed by atoms with van der Waals surface area (Å²) in [6, 6.07) is 7.83. The lowest BCUT2D eigenvalue weighted by atomic mass is 9.97. The van der Waals surface area contributed by atoms with Crippen LogP contribution in [0.25, 0.3) is 0 Å². The summed E-state index contributed by atoms with van der Waals surface area (Å²) >= 11 is 5.86. The third kappa shape index (κ3) is 5.18. The fourth-order valence-electron chi connectivity index (χ4n) is 2.69. The Morgan fingerprint density at radius 1 is 1.38 bits per heavy atom. The van der Waals surface area contributed by atoms with Gasteiger partial charge in [-0.1, -0.05) is 42.8 Å². The SMILES string of the molecule is CC(CC(=O)N[C@@H]1C=C[C@H](CO)C1)Cc1ccc(Cl)cc1. The fourth-order valence-corrected chi connectivity index (χ4v) is 2.82. The molecule has 114 valence electrons. The zero-order chi connectivity index (χ0) is 15.2. The first-order valence-corrected chi connectivity index (χ1v) is 7.77. The Balaban J connectivity index is 1.75. The molecule has 0 saturated heterocycles. The molecule has 0 saturated carbocycles. The van der Waals surface area contributed by atoms with Gasteiger partial charge in [-0.3, -0.25) is 4.79 Å². The Morgan fingerprint density at radius 3 is 2.71 bits per heavy atom. The Morgan fingerprint density at radius 2 is 2.10 bits per heavy atom. The number of carbonyl (C=O) groups excluding carboxylic acids is 1. The first-order chi connectivity index (χ1) is 10.1. The summed E-state index contributed by atoms with van der Waals surface area (Å²) in [5.41, 5.74) is 1.20. The Bertz CT molecular complexity index is 498. The lowest BCUT2D eigenvalue weighted by Crippen LogP contribution is -2.34. The zero-order valence-corrected chi connectivity index (χ0v) is 13.0. The first kappa shape index (κ1) is 16.1. The number of carbonyl (C=O) groups is 1. The largest absolute Gasteiger partial charge is 0.396 e. The van der Waals surface area contributed by atoms with Crippen LogP contribution in [0, 0.1) is 11.8 Å². The number of rotatable bonds is 6. The monoisotopic (exact) mass is 307 g/mol. The van der Waals surface area contributed by atoms with E-state index >= 15 is 0 Å². The highest BCUT2D eigenvalue weighted by molar-refractivity contribution is 6.30. The molecule has 4 heteroatoms. The Hall–Kier alpha value is -1.32. The molecule has 0 aromatic heterocycles. The molecule has 2 N–H and O–H groups in total. The second-order valence-corrected chi connectivity index (χ2v) is 6.31. The maximum absolute atomic E-state index is 12.0. The zero-order valence-electron chi connectivity index (χ0n) is 12.3. The second-order valence-electron chi connectivity index (χ2n) is 5.88. The van der Waals surface area contributed by atoms with E-state index in [1.807, 2.05) is 36.4 Å². The van der Waals surface area contributed by atoms with Crippen molar-refractivity contribution in [1.29, 1.82) is 0 Å². The number of aliphatic hydroxyl groups is 1. The van der Waals surface area contributed by atoms with Gasteiger partial charge in [0, 0.05) is 30.0 Å². The van der Waals surface area contributed by atoms with Crippen LogP contribution in [0.5, 0.6) is 0 Å². The second kappa shape index (κ2) is 7.62. The van der Waals surface area contributed by atoms with Crippen molar-refractivity contribution in [2.75, 3.05) is 6.61 Å². The van der Waals surface area contributed by atoms with Crippen molar-refractivity contribution in [2.45, 2.75) is 32.2 Å². The van der Waals surface area contributed by atoms with Gasteiger partial charge < -0.3 is 10.4 Å². The van der Waals surface area contributed by atoms with Gasteiger partial charge in [0.1, 0.15) is 0 Å².